The molecule has 1 fully saturated rings. The predicted octanol–water partition coefficient (Wildman–Crippen LogP) is 3.37. The van der Waals surface area contributed by atoms with Crippen LogP contribution < -0.4 is 11.1 Å². The molecule has 0 unspecified atom stereocenters. The maximum absolute atomic E-state index is 13.5. The number of rotatable bonds is 4. The maximum Gasteiger partial charge on any atom is 0.224 e. The largest absolute Gasteiger partial charge is 0.389 e. The first-order chi connectivity index (χ1) is 9.56. The zero-order valence-electron chi connectivity index (χ0n) is 11.3. The summed E-state index contributed by atoms with van der Waals surface area (Å²) >= 11 is 4.78. The molecule has 2 rings (SSSR count). The molecular weight excluding hydrogens is 275 g/mol. The number of thiocarbonyl (C=S) groups is 1. The highest BCUT2D eigenvalue weighted by molar-refractivity contribution is 7.80. The van der Waals surface area contributed by atoms with Crippen molar-refractivity contribution < 1.29 is 9.18 Å². The van der Waals surface area contributed by atoms with Crippen LogP contribution in [0.4, 0.5) is 10.1 Å². The SMILES string of the molecule is NC(=S)c1cc(NC(=O)CC2CCCCC2)ccc1F. The van der Waals surface area contributed by atoms with Gasteiger partial charge in [0.15, 0.2) is 0 Å². The van der Waals surface area contributed by atoms with Crippen molar-refractivity contribution >= 4 is 28.8 Å². The summed E-state index contributed by atoms with van der Waals surface area (Å²) in [7, 11) is 0. The molecule has 108 valence electrons. The van der Waals surface area contributed by atoms with Crippen LogP contribution in [0.1, 0.15) is 44.1 Å². The van der Waals surface area contributed by atoms with Crippen LogP contribution in [0, 0.1) is 11.7 Å². The van der Waals surface area contributed by atoms with Crippen molar-refractivity contribution in [1.29, 1.82) is 0 Å². The van der Waals surface area contributed by atoms with Gasteiger partial charge in [0.25, 0.3) is 0 Å². The Hall–Kier alpha value is -1.49. The van der Waals surface area contributed by atoms with E-state index in [-0.39, 0.29) is 16.5 Å². The molecule has 0 spiro atoms. The van der Waals surface area contributed by atoms with E-state index in [1.807, 2.05) is 0 Å². The molecule has 20 heavy (non-hydrogen) atoms. The number of benzene rings is 1. The predicted molar refractivity (Wildman–Crippen MR) is 82.1 cm³/mol. The molecule has 0 radical (unpaired) electrons. The second-order valence-corrected chi connectivity index (χ2v) is 5.76. The van der Waals surface area contributed by atoms with E-state index in [2.05, 4.69) is 5.32 Å². The van der Waals surface area contributed by atoms with Crippen molar-refractivity contribution in [3.63, 3.8) is 0 Å². The molecule has 0 heterocycles. The summed E-state index contributed by atoms with van der Waals surface area (Å²) in [6.07, 6.45) is 6.46. The van der Waals surface area contributed by atoms with Gasteiger partial charge in [-0.15, -0.1) is 0 Å². The van der Waals surface area contributed by atoms with Gasteiger partial charge in [0.05, 0.1) is 0 Å². The van der Waals surface area contributed by atoms with Crippen LogP contribution in [0.15, 0.2) is 18.2 Å². The van der Waals surface area contributed by atoms with Crippen molar-refractivity contribution in [2.45, 2.75) is 38.5 Å². The third-order valence-corrected chi connectivity index (χ3v) is 3.93. The molecule has 3 N–H and O–H groups in total. The highest BCUT2D eigenvalue weighted by atomic mass is 32.1. The first-order valence-corrected chi connectivity index (χ1v) is 7.36. The summed E-state index contributed by atoms with van der Waals surface area (Å²) in [4.78, 5) is 12.0. The van der Waals surface area contributed by atoms with Crippen LogP contribution in [-0.2, 0) is 4.79 Å². The lowest BCUT2D eigenvalue weighted by atomic mass is 9.87. The van der Waals surface area contributed by atoms with Gasteiger partial charge in [0.2, 0.25) is 5.91 Å². The molecule has 3 nitrogen and oxygen atoms in total. The lowest BCUT2D eigenvalue weighted by Crippen LogP contribution is -2.19. The van der Waals surface area contributed by atoms with Crippen LogP contribution in [0.3, 0.4) is 0 Å². The average molecular weight is 294 g/mol. The van der Waals surface area contributed by atoms with Gasteiger partial charge < -0.3 is 11.1 Å². The Balaban J connectivity index is 1.96. The number of carbonyl (C=O) groups is 1. The number of amides is 1. The molecule has 5 heteroatoms. The Kier molecular flexibility index (Phi) is 5.06. The molecule has 0 aromatic heterocycles. The second kappa shape index (κ2) is 6.79. The van der Waals surface area contributed by atoms with Crippen LogP contribution in [0.25, 0.3) is 0 Å². The van der Waals surface area contributed by atoms with Gasteiger partial charge in [-0.05, 0) is 37.0 Å². The molecule has 1 aliphatic rings. The fraction of sp³-hybridized carbons (Fsp3) is 0.467. The van der Waals surface area contributed by atoms with E-state index < -0.39 is 5.82 Å². The van der Waals surface area contributed by atoms with E-state index in [1.165, 1.54) is 37.5 Å². The Morgan fingerprint density at radius 3 is 2.70 bits per heavy atom. The van der Waals surface area contributed by atoms with Gasteiger partial charge in [-0.25, -0.2) is 4.39 Å². The maximum atomic E-state index is 13.5. The minimum atomic E-state index is -0.470. The van der Waals surface area contributed by atoms with E-state index in [9.17, 15) is 9.18 Å². The summed E-state index contributed by atoms with van der Waals surface area (Å²) in [5.74, 6) is -0.0283. The van der Waals surface area contributed by atoms with Gasteiger partial charge in [-0.3, -0.25) is 4.79 Å². The highest BCUT2D eigenvalue weighted by Gasteiger charge is 2.17. The average Bonchev–Trinajstić information content (AvgIpc) is 2.41. The Bertz CT molecular complexity index is 513. The third-order valence-electron chi connectivity index (χ3n) is 3.71. The zero-order chi connectivity index (χ0) is 14.5. The minimum Gasteiger partial charge on any atom is -0.389 e. The summed E-state index contributed by atoms with van der Waals surface area (Å²) in [6.45, 7) is 0. The lowest BCUT2D eigenvalue weighted by Gasteiger charge is -2.20. The molecule has 1 aromatic rings. The van der Waals surface area contributed by atoms with Gasteiger partial charge >= 0.3 is 0 Å². The van der Waals surface area contributed by atoms with Crippen molar-refractivity contribution in [2.24, 2.45) is 11.7 Å². The summed E-state index contributed by atoms with van der Waals surface area (Å²) in [5, 5.41) is 2.79. The number of nitrogens with two attached hydrogens (primary N) is 1. The van der Waals surface area contributed by atoms with Gasteiger partial charge in [-0.1, -0.05) is 31.5 Å². The molecule has 0 saturated heterocycles. The number of halogens is 1. The number of hydrogen-bond donors (Lipinski definition) is 2. The van der Waals surface area contributed by atoms with Gasteiger partial charge in [0.1, 0.15) is 10.8 Å². The topological polar surface area (TPSA) is 55.1 Å². The fourth-order valence-electron chi connectivity index (χ4n) is 2.66. The standard InChI is InChI=1S/C15H19FN2OS/c16-13-7-6-11(9-12(13)15(17)20)18-14(19)8-10-4-2-1-3-5-10/h6-7,9-10H,1-5,8H2,(H2,17,20)(H,18,19). The van der Waals surface area contributed by atoms with E-state index in [1.54, 1.807) is 0 Å². The number of nitrogens with one attached hydrogen (secondary N) is 1. The summed E-state index contributed by atoms with van der Waals surface area (Å²) in [5.41, 5.74) is 6.14. The van der Waals surface area contributed by atoms with E-state index in [4.69, 9.17) is 18.0 Å². The quantitative estimate of drug-likeness (QED) is 0.837. The van der Waals surface area contributed by atoms with Gasteiger partial charge in [-0.2, -0.15) is 0 Å². The number of carbonyl (C=O) groups excluding carboxylic acids is 1. The Morgan fingerprint density at radius 2 is 2.05 bits per heavy atom. The van der Waals surface area contributed by atoms with Crippen LogP contribution in [0.5, 0.6) is 0 Å². The van der Waals surface area contributed by atoms with E-state index >= 15 is 0 Å². The molecular formula is C15H19FN2OS. The number of hydrogen-bond acceptors (Lipinski definition) is 2. The lowest BCUT2D eigenvalue weighted by molar-refractivity contribution is -0.117. The summed E-state index contributed by atoms with van der Waals surface area (Å²) < 4.78 is 13.5. The molecule has 1 aliphatic carbocycles. The first-order valence-electron chi connectivity index (χ1n) is 6.95. The van der Waals surface area contributed by atoms with Crippen molar-refractivity contribution in [3.8, 4) is 0 Å². The molecule has 0 atom stereocenters. The molecule has 1 saturated carbocycles. The van der Waals surface area contributed by atoms with Crippen molar-refractivity contribution in [1.82, 2.24) is 0 Å². The summed E-state index contributed by atoms with van der Waals surface area (Å²) in [6, 6.07) is 4.27. The smallest absolute Gasteiger partial charge is 0.224 e. The number of anilines is 1. The molecule has 0 aliphatic heterocycles. The van der Waals surface area contributed by atoms with E-state index in [0.717, 1.165) is 12.8 Å². The molecule has 1 amide bonds. The normalized spacial score (nSPS) is 15.8. The zero-order valence-corrected chi connectivity index (χ0v) is 12.1. The minimum absolute atomic E-state index is 0.00844. The van der Waals surface area contributed by atoms with Crippen LogP contribution in [-0.4, -0.2) is 10.9 Å². The second-order valence-electron chi connectivity index (χ2n) is 5.32. The molecule has 1 aromatic carbocycles. The molecule has 0 bridgehead atoms. The Labute approximate surface area is 123 Å². The fourth-order valence-corrected chi connectivity index (χ4v) is 2.81. The monoisotopic (exact) mass is 294 g/mol. The third kappa shape index (κ3) is 4.00. The first kappa shape index (κ1) is 14.9. The Morgan fingerprint density at radius 1 is 1.35 bits per heavy atom. The van der Waals surface area contributed by atoms with Crippen LogP contribution >= 0.6 is 12.2 Å². The highest BCUT2D eigenvalue weighted by Crippen LogP contribution is 2.26. The van der Waals surface area contributed by atoms with Crippen LogP contribution in [0.2, 0.25) is 0 Å². The van der Waals surface area contributed by atoms with Gasteiger partial charge in [0, 0.05) is 17.7 Å². The van der Waals surface area contributed by atoms with E-state index in [0.29, 0.717) is 18.0 Å². The van der Waals surface area contributed by atoms with Crippen molar-refractivity contribution in [2.75, 3.05) is 5.32 Å². The van der Waals surface area contributed by atoms with Crippen molar-refractivity contribution in [3.05, 3.63) is 29.6 Å².